The molecule has 41 heavy (non-hydrogen) atoms. The molecule has 0 bridgehead atoms. The lowest BCUT2D eigenvalue weighted by molar-refractivity contribution is 1.27. The van der Waals surface area contributed by atoms with Gasteiger partial charge in [-0.3, -0.25) is 9.38 Å². The molecule has 3 aromatic heterocycles. The molecule has 0 aliphatic carbocycles. The molecular weight excluding hydrogens is 498 g/mol. The fourth-order valence-electron chi connectivity index (χ4n) is 5.90. The van der Waals surface area contributed by atoms with Crippen molar-refractivity contribution in [2.24, 2.45) is 0 Å². The molecule has 0 unspecified atom stereocenters. The lowest BCUT2D eigenvalue weighted by Crippen LogP contribution is -1.95. The lowest BCUT2D eigenvalue weighted by Gasteiger charge is -2.13. The zero-order valence-electron chi connectivity index (χ0n) is 22.3. The van der Waals surface area contributed by atoms with E-state index in [1.807, 2.05) is 24.4 Å². The molecule has 0 aliphatic rings. The van der Waals surface area contributed by atoms with Gasteiger partial charge in [0, 0.05) is 22.5 Å². The zero-order valence-corrected chi connectivity index (χ0v) is 22.3. The number of para-hydroxylation sites is 1. The molecule has 0 saturated heterocycles. The Morgan fingerprint density at radius 3 is 1.78 bits per heavy atom. The number of benzene rings is 5. The van der Waals surface area contributed by atoms with Crippen LogP contribution in [0.25, 0.3) is 72.2 Å². The van der Waals surface area contributed by atoms with E-state index in [2.05, 4.69) is 132 Å². The van der Waals surface area contributed by atoms with Gasteiger partial charge >= 0.3 is 0 Å². The molecule has 8 aromatic rings. The van der Waals surface area contributed by atoms with Crippen molar-refractivity contribution in [3.63, 3.8) is 0 Å². The van der Waals surface area contributed by atoms with Crippen LogP contribution in [0.3, 0.4) is 0 Å². The Morgan fingerprint density at radius 2 is 1.05 bits per heavy atom. The first-order chi connectivity index (χ1) is 20.3. The van der Waals surface area contributed by atoms with E-state index < -0.39 is 0 Å². The Hall–Kier alpha value is -5.54. The van der Waals surface area contributed by atoms with Crippen molar-refractivity contribution in [2.75, 3.05) is 0 Å². The summed E-state index contributed by atoms with van der Waals surface area (Å²) in [6.45, 7) is 0. The van der Waals surface area contributed by atoms with E-state index >= 15 is 0 Å². The van der Waals surface area contributed by atoms with Gasteiger partial charge < -0.3 is 0 Å². The molecule has 0 fully saturated rings. The normalized spacial score (nSPS) is 11.4. The van der Waals surface area contributed by atoms with Crippen molar-refractivity contribution < 1.29 is 0 Å². The number of imidazole rings is 1. The molecule has 0 spiro atoms. The van der Waals surface area contributed by atoms with Crippen LogP contribution >= 0.6 is 0 Å². The first-order valence-electron chi connectivity index (χ1n) is 13.8. The highest BCUT2D eigenvalue weighted by Gasteiger charge is 2.21. The van der Waals surface area contributed by atoms with Gasteiger partial charge in [0.2, 0.25) is 0 Å². The van der Waals surface area contributed by atoms with Crippen LogP contribution in [0.2, 0.25) is 0 Å². The molecule has 0 atom stereocenters. The Bertz CT molecular complexity index is 2160. The van der Waals surface area contributed by atoms with Gasteiger partial charge in [-0.15, -0.1) is 0 Å². The third-order valence-electron chi connectivity index (χ3n) is 7.85. The number of fused-ring (bicyclic) bond motifs is 6. The molecule has 8 rings (SSSR count). The van der Waals surface area contributed by atoms with Gasteiger partial charge in [-0.1, -0.05) is 121 Å². The Kier molecular flexibility index (Phi) is 5.46. The molecular formula is C38H25N3. The molecule has 192 valence electrons. The summed E-state index contributed by atoms with van der Waals surface area (Å²) < 4.78 is 2.32. The second kappa shape index (κ2) is 9.58. The van der Waals surface area contributed by atoms with Crippen molar-refractivity contribution in [1.29, 1.82) is 0 Å². The summed E-state index contributed by atoms with van der Waals surface area (Å²) in [7, 11) is 0. The minimum absolute atomic E-state index is 0.861. The summed E-state index contributed by atoms with van der Waals surface area (Å²) in [6, 6.07) is 51.2. The molecule has 0 radical (unpaired) electrons. The van der Waals surface area contributed by atoms with Crippen molar-refractivity contribution in [2.45, 2.75) is 0 Å². The standard InChI is InChI=1S/C38H25N3/c1-3-11-26(12-4-1)27-18-20-28(21-19-27)30-22-23-31-32-15-7-8-17-35(32)41-37(29-13-5-2-6-14-29)36(34-16-9-10-24-39-34)40-38(41)33(31)25-30/h1-25H. The summed E-state index contributed by atoms with van der Waals surface area (Å²) in [6.07, 6.45) is 1.83. The molecule has 0 saturated carbocycles. The average molecular weight is 524 g/mol. The Morgan fingerprint density at radius 1 is 0.439 bits per heavy atom. The monoisotopic (exact) mass is 523 g/mol. The van der Waals surface area contributed by atoms with E-state index in [4.69, 9.17) is 9.97 Å². The number of hydrogen-bond donors (Lipinski definition) is 0. The van der Waals surface area contributed by atoms with Crippen LogP contribution in [-0.4, -0.2) is 14.4 Å². The second-order valence-corrected chi connectivity index (χ2v) is 10.3. The van der Waals surface area contributed by atoms with Gasteiger partial charge in [-0.25, -0.2) is 4.98 Å². The van der Waals surface area contributed by atoms with Crippen LogP contribution < -0.4 is 0 Å². The van der Waals surface area contributed by atoms with Crippen LogP contribution in [-0.2, 0) is 0 Å². The Balaban J connectivity index is 1.42. The van der Waals surface area contributed by atoms with Crippen LogP contribution in [0.4, 0.5) is 0 Å². The number of rotatable bonds is 4. The van der Waals surface area contributed by atoms with Crippen molar-refractivity contribution in [1.82, 2.24) is 14.4 Å². The van der Waals surface area contributed by atoms with Crippen molar-refractivity contribution >= 4 is 27.3 Å². The highest BCUT2D eigenvalue weighted by molar-refractivity contribution is 6.14. The third kappa shape index (κ3) is 3.90. The predicted octanol–water partition coefficient (Wildman–Crippen LogP) is 9.70. The highest BCUT2D eigenvalue weighted by Crippen LogP contribution is 2.39. The van der Waals surface area contributed by atoms with Crippen molar-refractivity contribution in [3.05, 3.63) is 152 Å². The predicted molar refractivity (Wildman–Crippen MR) is 170 cm³/mol. The quantitative estimate of drug-likeness (QED) is 0.215. The summed E-state index contributed by atoms with van der Waals surface area (Å²) in [4.78, 5) is 10.0. The number of pyridine rings is 2. The molecule has 3 heteroatoms. The van der Waals surface area contributed by atoms with Gasteiger partial charge in [0.05, 0.1) is 16.9 Å². The zero-order chi connectivity index (χ0) is 27.2. The number of hydrogen-bond acceptors (Lipinski definition) is 2. The van der Waals surface area contributed by atoms with Crippen LogP contribution in [0.1, 0.15) is 0 Å². The van der Waals surface area contributed by atoms with E-state index in [0.29, 0.717) is 0 Å². The van der Waals surface area contributed by atoms with E-state index in [1.165, 1.54) is 27.5 Å². The lowest BCUT2D eigenvalue weighted by atomic mass is 9.97. The van der Waals surface area contributed by atoms with Gasteiger partial charge in [0.1, 0.15) is 11.3 Å². The highest BCUT2D eigenvalue weighted by atomic mass is 15.0. The summed E-state index contributed by atoms with van der Waals surface area (Å²) in [5, 5.41) is 3.51. The van der Waals surface area contributed by atoms with Crippen molar-refractivity contribution in [3.8, 4) is 44.9 Å². The van der Waals surface area contributed by atoms with Crippen LogP contribution in [0.5, 0.6) is 0 Å². The minimum atomic E-state index is 0.861. The van der Waals surface area contributed by atoms with Crippen LogP contribution in [0, 0.1) is 0 Å². The fourth-order valence-corrected chi connectivity index (χ4v) is 5.90. The maximum atomic E-state index is 5.33. The molecule has 0 aliphatic heterocycles. The molecule has 0 N–H and O–H groups in total. The van der Waals surface area contributed by atoms with Gasteiger partial charge in [0.25, 0.3) is 0 Å². The van der Waals surface area contributed by atoms with Gasteiger partial charge in [0.15, 0.2) is 0 Å². The maximum Gasteiger partial charge on any atom is 0.146 e. The van der Waals surface area contributed by atoms with E-state index in [0.717, 1.165) is 44.8 Å². The minimum Gasteiger partial charge on any atom is -0.291 e. The molecule has 5 aromatic carbocycles. The molecule has 3 nitrogen and oxygen atoms in total. The topological polar surface area (TPSA) is 30.2 Å². The van der Waals surface area contributed by atoms with E-state index in [1.54, 1.807) is 0 Å². The van der Waals surface area contributed by atoms with Crippen LogP contribution in [0.15, 0.2) is 152 Å². The summed E-state index contributed by atoms with van der Waals surface area (Å²) in [5.41, 5.74) is 10.7. The first kappa shape index (κ1) is 23.4. The fraction of sp³-hybridized carbons (Fsp3) is 0. The Labute approximate surface area is 238 Å². The third-order valence-corrected chi connectivity index (χ3v) is 7.85. The largest absolute Gasteiger partial charge is 0.291 e. The summed E-state index contributed by atoms with van der Waals surface area (Å²) >= 11 is 0. The van der Waals surface area contributed by atoms with E-state index in [-0.39, 0.29) is 0 Å². The molecule has 3 heterocycles. The SMILES string of the molecule is c1ccc(-c2ccc(-c3ccc4c5ccccc5n5c(-c6ccccc6)c(-c6ccccn6)nc5c4c3)cc2)cc1. The maximum absolute atomic E-state index is 5.33. The van der Waals surface area contributed by atoms with E-state index in [9.17, 15) is 0 Å². The number of aromatic nitrogens is 3. The summed E-state index contributed by atoms with van der Waals surface area (Å²) in [5.74, 6) is 0. The molecule has 0 amide bonds. The van der Waals surface area contributed by atoms with Gasteiger partial charge in [-0.05, 0) is 51.9 Å². The average Bonchev–Trinajstić information content (AvgIpc) is 3.47. The second-order valence-electron chi connectivity index (χ2n) is 10.3. The number of nitrogens with zero attached hydrogens (tertiary/aromatic N) is 3. The smallest absolute Gasteiger partial charge is 0.146 e. The first-order valence-corrected chi connectivity index (χ1v) is 13.8. The van der Waals surface area contributed by atoms with Gasteiger partial charge in [-0.2, -0.15) is 0 Å².